The lowest BCUT2D eigenvalue weighted by Gasteiger charge is -2.27. The number of ether oxygens (including phenoxy) is 2. The molecular weight excluding hydrogens is 376 g/mol. The van der Waals surface area contributed by atoms with Crippen molar-refractivity contribution in [3.63, 3.8) is 0 Å². The largest absolute Gasteiger partial charge is 0.470 e. The number of amides is 1. The maximum atomic E-state index is 13.1. The maximum Gasteiger partial charge on any atom is 0.276 e. The molecule has 10 heteroatoms. The highest BCUT2D eigenvalue weighted by Crippen LogP contribution is 2.25. The van der Waals surface area contributed by atoms with Crippen LogP contribution in [0.3, 0.4) is 0 Å². The minimum atomic E-state index is -0.177. The van der Waals surface area contributed by atoms with Crippen molar-refractivity contribution >= 4 is 5.91 Å². The van der Waals surface area contributed by atoms with Crippen molar-refractivity contribution in [2.24, 2.45) is 7.05 Å². The summed E-state index contributed by atoms with van der Waals surface area (Å²) < 4.78 is 18.0. The minimum absolute atomic E-state index is 0.177. The molecule has 0 aromatic carbocycles. The first-order valence-corrected chi connectivity index (χ1v) is 9.24. The van der Waals surface area contributed by atoms with Gasteiger partial charge in [-0.15, -0.1) is 0 Å². The fourth-order valence-electron chi connectivity index (χ4n) is 3.48. The zero-order valence-corrected chi connectivity index (χ0v) is 16.6. The van der Waals surface area contributed by atoms with Crippen LogP contribution in [0.15, 0.2) is 23.1 Å². The highest BCUT2D eigenvalue weighted by molar-refractivity contribution is 5.94. The second-order valence-electron chi connectivity index (χ2n) is 6.80. The van der Waals surface area contributed by atoms with E-state index in [4.69, 9.17) is 14.0 Å². The Labute approximate surface area is 167 Å². The van der Waals surface area contributed by atoms with E-state index in [2.05, 4.69) is 20.2 Å². The Kier molecular flexibility index (Phi) is 5.26. The first-order valence-electron chi connectivity index (χ1n) is 9.24. The molecule has 0 atom stereocenters. The predicted molar refractivity (Wildman–Crippen MR) is 100.0 cm³/mol. The SMILES string of the molecule is COCc1c(C(=O)N2CCc3c(c(COc4cnccn4)nn3C)C2)noc1C. The number of carbonyl (C=O) groups is 1. The van der Waals surface area contributed by atoms with E-state index in [0.29, 0.717) is 42.4 Å². The van der Waals surface area contributed by atoms with Gasteiger partial charge in [-0.2, -0.15) is 5.10 Å². The zero-order chi connectivity index (χ0) is 20.4. The van der Waals surface area contributed by atoms with Crippen molar-refractivity contribution < 1.29 is 18.8 Å². The molecule has 10 nitrogen and oxygen atoms in total. The van der Waals surface area contributed by atoms with Crippen molar-refractivity contribution in [1.29, 1.82) is 0 Å². The second kappa shape index (κ2) is 8.00. The molecule has 0 bridgehead atoms. The van der Waals surface area contributed by atoms with E-state index in [-0.39, 0.29) is 19.1 Å². The summed E-state index contributed by atoms with van der Waals surface area (Å²) in [6, 6.07) is 0. The van der Waals surface area contributed by atoms with Gasteiger partial charge in [0.25, 0.3) is 5.91 Å². The standard InChI is InChI=1S/C19H22N6O4/c1-12-14(10-27-3)18(23-29-12)19(26)25-7-4-16-13(9-25)15(22-24(16)2)11-28-17-8-20-5-6-21-17/h5-6,8H,4,7,9-11H2,1-3H3. The summed E-state index contributed by atoms with van der Waals surface area (Å²) in [5.74, 6) is 0.842. The number of methoxy groups -OCH3 is 1. The maximum absolute atomic E-state index is 13.1. The van der Waals surface area contributed by atoms with Crippen molar-refractivity contribution in [3.8, 4) is 5.88 Å². The Hall–Kier alpha value is -3.27. The lowest BCUT2D eigenvalue weighted by molar-refractivity contribution is 0.0717. The van der Waals surface area contributed by atoms with Crippen molar-refractivity contribution in [2.45, 2.75) is 33.1 Å². The lowest BCUT2D eigenvalue weighted by Crippen LogP contribution is -2.37. The third kappa shape index (κ3) is 3.70. The fraction of sp³-hybridized carbons (Fsp3) is 0.421. The third-order valence-corrected chi connectivity index (χ3v) is 4.98. The summed E-state index contributed by atoms with van der Waals surface area (Å²) in [5, 5.41) is 8.54. The number of nitrogens with zero attached hydrogens (tertiary/aromatic N) is 6. The van der Waals surface area contributed by atoms with Crippen LogP contribution in [-0.4, -0.2) is 49.4 Å². The van der Waals surface area contributed by atoms with Crippen molar-refractivity contribution in [1.82, 2.24) is 29.8 Å². The smallest absolute Gasteiger partial charge is 0.276 e. The van der Waals surface area contributed by atoms with Gasteiger partial charge in [0.05, 0.1) is 18.4 Å². The van der Waals surface area contributed by atoms with Crippen molar-refractivity contribution in [2.75, 3.05) is 13.7 Å². The Morgan fingerprint density at radius 3 is 2.93 bits per heavy atom. The zero-order valence-electron chi connectivity index (χ0n) is 16.6. The molecule has 0 saturated heterocycles. The van der Waals surface area contributed by atoms with Gasteiger partial charge in [-0.1, -0.05) is 5.16 Å². The van der Waals surface area contributed by atoms with Crippen LogP contribution in [0.1, 0.15) is 38.8 Å². The van der Waals surface area contributed by atoms with E-state index in [9.17, 15) is 4.79 Å². The van der Waals surface area contributed by atoms with Crippen molar-refractivity contribution in [3.05, 3.63) is 52.6 Å². The summed E-state index contributed by atoms with van der Waals surface area (Å²) in [6.45, 7) is 3.31. The van der Waals surface area contributed by atoms with Crippen LogP contribution < -0.4 is 4.74 Å². The lowest BCUT2D eigenvalue weighted by atomic mass is 10.0. The molecule has 1 aliphatic rings. The quantitative estimate of drug-likeness (QED) is 0.614. The monoisotopic (exact) mass is 398 g/mol. The van der Waals surface area contributed by atoms with Gasteiger partial charge in [0.2, 0.25) is 5.88 Å². The van der Waals surface area contributed by atoms with E-state index >= 15 is 0 Å². The number of carbonyl (C=O) groups excluding carboxylic acids is 1. The molecule has 4 heterocycles. The minimum Gasteiger partial charge on any atom is -0.470 e. The van der Waals surface area contributed by atoms with Gasteiger partial charge < -0.3 is 18.9 Å². The van der Waals surface area contributed by atoms with Crippen LogP contribution >= 0.6 is 0 Å². The molecule has 0 unspecified atom stereocenters. The topological polar surface area (TPSA) is 108 Å². The summed E-state index contributed by atoms with van der Waals surface area (Å²) in [4.78, 5) is 22.9. The molecule has 0 saturated carbocycles. The highest BCUT2D eigenvalue weighted by Gasteiger charge is 2.30. The molecule has 0 N–H and O–H groups in total. The van der Waals surface area contributed by atoms with Crippen LogP contribution in [0.2, 0.25) is 0 Å². The van der Waals surface area contributed by atoms with Gasteiger partial charge in [-0.05, 0) is 6.92 Å². The third-order valence-electron chi connectivity index (χ3n) is 4.98. The first-order chi connectivity index (χ1) is 14.1. The molecule has 1 amide bonds. The Morgan fingerprint density at radius 2 is 2.17 bits per heavy atom. The fourth-order valence-corrected chi connectivity index (χ4v) is 3.48. The molecule has 4 rings (SSSR count). The van der Waals surface area contributed by atoms with Crippen LogP contribution in [0.25, 0.3) is 0 Å². The van der Waals surface area contributed by atoms with Gasteiger partial charge in [0.15, 0.2) is 5.69 Å². The molecule has 0 fully saturated rings. The molecule has 3 aromatic heterocycles. The number of fused-ring (bicyclic) bond motifs is 1. The van der Waals surface area contributed by atoms with Gasteiger partial charge in [0, 0.05) is 57.3 Å². The van der Waals surface area contributed by atoms with E-state index in [1.807, 2.05) is 11.7 Å². The van der Waals surface area contributed by atoms with E-state index in [0.717, 1.165) is 17.0 Å². The summed E-state index contributed by atoms with van der Waals surface area (Å²) in [6.07, 6.45) is 5.41. The summed E-state index contributed by atoms with van der Waals surface area (Å²) in [5.41, 5.74) is 3.85. The molecular formula is C19H22N6O4. The Balaban J connectivity index is 1.54. The molecule has 0 radical (unpaired) electrons. The van der Waals surface area contributed by atoms with E-state index in [1.165, 1.54) is 0 Å². The van der Waals surface area contributed by atoms with Gasteiger partial charge in [0.1, 0.15) is 18.1 Å². The number of hydrogen-bond donors (Lipinski definition) is 0. The van der Waals surface area contributed by atoms with Gasteiger partial charge in [-0.25, -0.2) is 4.98 Å². The van der Waals surface area contributed by atoms with Crippen LogP contribution in [-0.2, 0) is 38.0 Å². The average molecular weight is 398 g/mol. The van der Waals surface area contributed by atoms with E-state index < -0.39 is 0 Å². The summed E-state index contributed by atoms with van der Waals surface area (Å²) >= 11 is 0. The number of aryl methyl sites for hydroxylation is 2. The molecule has 0 spiro atoms. The van der Waals surface area contributed by atoms with Crippen LogP contribution in [0.5, 0.6) is 5.88 Å². The number of hydrogen-bond acceptors (Lipinski definition) is 8. The van der Waals surface area contributed by atoms with Gasteiger partial charge in [-0.3, -0.25) is 14.5 Å². The molecule has 3 aromatic rings. The molecule has 152 valence electrons. The molecule has 29 heavy (non-hydrogen) atoms. The Morgan fingerprint density at radius 1 is 1.31 bits per heavy atom. The second-order valence-corrected chi connectivity index (χ2v) is 6.80. The predicted octanol–water partition coefficient (Wildman–Crippen LogP) is 1.43. The Bertz CT molecular complexity index is 1010. The van der Waals surface area contributed by atoms with Crippen LogP contribution in [0.4, 0.5) is 0 Å². The van der Waals surface area contributed by atoms with E-state index in [1.54, 1.807) is 37.5 Å². The summed E-state index contributed by atoms with van der Waals surface area (Å²) in [7, 11) is 3.48. The highest BCUT2D eigenvalue weighted by atomic mass is 16.5. The normalized spacial score (nSPS) is 13.4. The van der Waals surface area contributed by atoms with Gasteiger partial charge >= 0.3 is 0 Å². The average Bonchev–Trinajstić information content (AvgIpc) is 3.26. The molecule has 1 aliphatic heterocycles. The van der Waals surface area contributed by atoms with Crippen LogP contribution in [0, 0.1) is 6.92 Å². The number of rotatable bonds is 6. The number of aromatic nitrogens is 5. The first kappa shape index (κ1) is 19.1. The molecule has 0 aliphatic carbocycles.